The molecule has 0 bridgehead atoms. The first kappa shape index (κ1) is 13.8. The standard InChI is InChI=1S/C13H22N2O2/c1-4-11(12-6-5-7-17-12)14-9-13(16)15-8-10(2)3/h5-7,10-11,14H,4,8-9H2,1-3H3,(H,15,16). The number of carbonyl (C=O) groups excluding carboxylic acids is 1. The van der Waals surface area contributed by atoms with Crippen LogP contribution in [0.2, 0.25) is 0 Å². The summed E-state index contributed by atoms with van der Waals surface area (Å²) in [5, 5.41) is 6.06. The zero-order chi connectivity index (χ0) is 12.7. The normalized spacial score (nSPS) is 12.7. The summed E-state index contributed by atoms with van der Waals surface area (Å²) in [6, 6.07) is 3.89. The second-order valence-corrected chi connectivity index (χ2v) is 4.56. The van der Waals surface area contributed by atoms with Crippen LogP contribution in [0.25, 0.3) is 0 Å². The molecule has 1 atom stereocenters. The van der Waals surface area contributed by atoms with Gasteiger partial charge in [-0.1, -0.05) is 20.8 Å². The quantitative estimate of drug-likeness (QED) is 0.764. The Bertz CT molecular complexity index is 320. The van der Waals surface area contributed by atoms with Gasteiger partial charge >= 0.3 is 0 Å². The fraction of sp³-hybridized carbons (Fsp3) is 0.615. The van der Waals surface area contributed by atoms with Gasteiger partial charge in [-0.25, -0.2) is 0 Å². The third-order valence-electron chi connectivity index (χ3n) is 2.51. The number of hydrogen-bond acceptors (Lipinski definition) is 3. The van der Waals surface area contributed by atoms with Crippen LogP contribution in [0.3, 0.4) is 0 Å². The molecular weight excluding hydrogens is 216 g/mol. The van der Waals surface area contributed by atoms with Crippen molar-refractivity contribution in [1.82, 2.24) is 10.6 Å². The van der Waals surface area contributed by atoms with E-state index >= 15 is 0 Å². The number of hydrogen-bond donors (Lipinski definition) is 2. The van der Waals surface area contributed by atoms with Crippen LogP contribution in [-0.4, -0.2) is 19.0 Å². The second kappa shape index (κ2) is 7.12. The van der Waals surface area contributed by atoms with Crippen molar-refractivity contribution < 1.29 is 9.21 Å². The van der Waals surface area contributed by atoms with Gasteiger partial charge in [0.2, 0.25) is 5.91 Å². The molecule has 1 rings (SSSR count). The van der Waals surface area contributed by atoms with Gasteiger partial charge in [-0.3, -0.25) is 10.1 Å². The zero-order valence-corrected chi connectivity index (χ0v) is 10.8. The molecule has 1 amide bonds. The van der Waals surface area contributed by atoms with Crippen molar-refractivity contribution >= 4 is 5.91 Å². The lowest BCUT2D eigenvalue weighted by Crippen LogP contribution is -2.37. The fourth-order valence-electron chi connectivity index (χ4n) is 1.53. The predicted molar refractivity (Wildman–Crippen MR) is 67.6 cm³/mol. The summed E-state index contributed by atoms with van der Waals surface area (Å²) in [5.41, 5.74) is 0. The van der Waals surface area contributed by atoms with Crippen molar-refractivity contribution in [3.63, 3.8) is 0 Å². The van der Waals surface area contributed by atoms with Crippen LogP contribution in [0, 0.1) is 5.92 Å². The molecule has 2 N–H and O–H groups in total. The highest BCUT2D eigenvalue weighted by molar-refractivity contribution is 5.78. The van der Waals surface area contributed by atoms with E-state index in [1.165, 1.54) is 0 Å². The van der Waals surface area contributed by atoms with Crippen LogP contribution in [0.5, 0.6) is 0 Å². The third-order valence-corrected chi connectivity index (χ3v) is 2.51. The molecule has 4 heteroatoms. The molecule has 1 unspecified atom stereocenters. The Morgan fingerprint density at radius 1 is 1.47 bits per heavy atom. The Kier molecular flexibility index (Phi) is 5.77. The first-order valence-electron chi connectivity index (χ1n) is 6.17. The zero-order valence-electron chi connectivity index (χ0n) is 10.8. The highest BCUT2D eigenvalue weighted by Gasteiger charge is 2.12. The van der Waals surface area contributed by atoms with Crippen LogP contribution < -0.4 is 10.6 Å². The van der Waals surface area contributed by atoms with E-state index in [0.29, 0.717) is 12.5 Å². The summed E-state index contributed by atoms with van der Waals surface area (Å²) in [6.45, 7) is 7.26. The number of nitrogens with one attached hydrogen (secondary N) is 2. The second-order valence-electron chi connectivity index (χ2n) is 4.56. The maximum atomic E-state index is 11.5. The average molecular weight is 238 g/mol. The van der Waals surface area contributed by atoms with Gasteiger partial charge in [0, 0.05) is 6.54 Å². The SMILES string of the molecule is CCC(NCC(=O)NCC(C)C)c1ccco1. The molecule has 1 heterocycles. The first-order chi connectivity index (χ1) is 8.13. The molecule has 96 valence electrons. The summed E-state index contributed by atoms with van der Waals surface area (Å²) in [6.07, 6.45) is 2.55. The van der Waals surface area contributed by atoms with Crippen molar-refractivity contribution in [2.24, 2.45) is 5.92 Å². The highest BCUT2D eigenvalue weighted by atomic mass is 16.3. The van der Waals surface area contributed by atoms with Gasteiger partial charge in [-0.15, -0.1) is 0 Å². The van der Waals surface area contributed by atoms with Crippen LogP contribution in [0.4, 0.5) is 0 Å². The molecule has 0 aliphatic heterocycles. The number of furan rings is 1. The van der Waals surface area contributed by atoms with E-state index in [4.69, 9.17) is 4.42 Å². The molecule has 0 radical (unpaired) electrons. The summed E-state index contributed by atoms with van der Waals surface area (Å²) in [4.78, 5) is 11.5. The van der Waals surface area contributed by atoms with Gasteiger partial charge in [0.25, 0.3) is 0 Å². The van der Waals surface area contributed by atoms with Gasteiger partial charge in [0.05, 0.1) is 18.8 Å². The van der Waals surface area contributed by atoms with E-state index in [2.05, 4.69) is 31.4 Å². The maximum absolute atomic E-state index is 11.5. The molecule has 0 aliphatic rings. The summed E-state index contributed by atoms with van der Waals surface area (Å²) in [7, 11) is 0. The lowest BCUT2D eigenvalue weighted by molar-refractivity contribution is -0.120. The molecular formula is C13H22N2O2. The molecule has 0 saturated carbocycles. The lowest BCUT2D eigenvalue weighted by Gasteiger charge is -2.14. The molecule has 0 aromatic carbocycles. The molecule has 0 fully saturated rings. The van der Waals surface area contributed by atoms with E-state index in [1.54, 1.807) is 6.26 Å². The fourth-order valence-corrected chi connectivity index (χ4v) is 1.53. The number of amides is 1. The minimum absolute atomic E-state index is 0.0312. The van der Waals surface area contributed by atoms with Gasteiger partial charge in [-0.05, 0) is 24.5 Å². The van der Waals surface area contributed by atoms with Crippen LogP contribution >= 0.6 is 0 Å². The van der Waals surface area contributed by atoms with Crippen LogP contribution in [0.1, 0.15) is 39.0 Å². The molecule has 0 aliphatic carbocycles. The monoisotopic (exact) mass is 238 g/mol. The highest BCUT2D eigenvalue weighted by Crippen LogP contribution is 2.15. The van der Waals surface area contributed by atoms with E-state index in [9.17, 15) is 4.79 Å². The van der Waals surface area contributed by atoms with Crippen molar-refractivity contribution in [3.8, 4) is 0 Å². The molecule has 4 nitrogen and oxygen atoms in total. The molecule has 0 saturated heterocycles. The summed E-state index contributed by atoms with van der Waals surface area (Å²) < 4.78 is 5.32. The van der Waals surface area contributed by atoms with E-state index < -0.39 is 0 Å². The van der Waals surface area contributed by atoms with E-state index in [0.717, 1.165) is 18.7 Å². The predicted octanol–water partition coefficient (Wildman–Crippen LogP) is 2.09. The van der Waals surface area contributed by atoms with E-state index in [1.807, 2.05) is 12.1 Å². The van der Waals surface area contributed by atoms with E-state index in [-0.39, 0.29) is 11.9 Å². The van der Waals surface area contributed by atoms with Gasteiger partial charge in [-0.2, -0.15) is 0 Å². The van der Waals surface area contributed by atoms with Crippen molar-refractivity contribution in [2.45, 2.75) is 33.2 Å². The average Bonchev–Trinajstić information content (AvgIpc) is 2.81. The smallest absolute Gasteiger partial charge is 0.233 e. The summed E-state index contributed by atoms with van der Waals surface area (Å²) >= 11 is 0. The minimum Gasteiger partial charge on any atom is -0.468 e. The van der Waals surface area contributed by atoms with Gasteiger partial charge in [0.1, 0.15) is 5.76 Å². The number of rotatable bonds is 7. The molecule has 1 aromatic heterocycles. The third kappa shape index (κ3) is 5.04. The van der Waals surface area contributed by atoms with Gasteiger partial charge < -0.3 is 9.73 Å². The maximum Gasteiger partial charge on any atom is 0.233 e. The van der Waals surface area contributed by atoms with Crippen LogP contribution in [0.15, 0.2) is 22.8 Å². The minimum atomic E-state index is 0.0312. The number of carbonyl (C=O) groups is 1. The van der Waals surface area contributed by atoms with Crippen molar-refractivity contribution in [3.05, 3.63) is 24.2 Å². The first-order valence-corrected chi connectivity index (χ1v) is 6.17. The Morgan fingerprint density at radius 2 is 2.24 bits per heavy atom. The topological polar surface area (TPSA) is 54.3 Å². The Hall–Kier alpha value is -1.29. The van der Waals surface area contributed by atoms with Crippen LogP contribution in [-0.2, 0) is 4.79 Å². The Balaban J connectivity index is 2.31. The Labute approximate surface area is 103 Å². The van der Waals surface area contributed by atoms with Gasteiger partial charge in [0.15, 0.2) is 0 Å². The van der Waals surface area contributed by atoms with Crippen molar-refractivity contribution in [1.29, 1.82) is 0 Å². The lowest BCUT2D eigenvalue weighted by atomic mass is 10.1. The summed E-state index contributed by atoms with van der Waals surface area (Å²) in [5.74, 6) is 1.39. The molecule has 17 heavy (non-hydrogen) atoms. The molecule has 1 aromatic rings. The molecule has 0 spiro atoms. The Morgan fingerprint density at radius 3 is 2.76 bits per heavy atom. The largest absolute Gasteiger partial charge is 0.468 e. The van der Waals surface area contributed by atoms with Crippen molar-refractivity contribution in [2.75, 3.05) is 13.1 Å².